The van der Waals surface area contributed by atoms with Crippen LogP contribution in [0.15, 0.2) is 88.3 Å². The van der Waals surface area contributed by atoms with Gasteiger partial charge in [0.2, 0.25) is 0 Å². The highest BCUT2D eigenvalue weighted by molar-refractivity contribution is 5.81. The minimum atomic E-state index is -0.361. The van der Waals surface area contributed by atoms with Crippen molar-refractivity contribution in [2.75, 3.05) is 7.11 Å². The first-order valence-corrected chi connectivity index (χ1v) is 8.38. The first-order valence-electron chi connectivity index (χ1n) is 8.38. The molecular formula is C22H18NO3+. The molecule has 0 fully saturated rings. The van der Waals surface area contributed by atoms with Crippen LogP contribution in [-0.2, 0) is 6.54 Å². The van der Waals surface area contributed by atoms with Crippen LogP contribution in [0.1, 0.15) is 5.56 Å². The normalized spacial score (nSPS) is 10.8. The van der Waals surface area contributed by atoms with Crippen LogP contribution < -0.4 is 14.9 Å². The van der Waals surface area contributed by atoms with E-state index in [9.17, 15) is 4.79 Å². The lowest BCUT2D eigenvalue weighted by atomic mass is 10.1. The second-order valence-electron chi connectivity index (χ2n) is 6.08. The molecule has 4 heteroatoms. The lowest BCUT2D eigenvalue weighted by molar-refractivity contribution is -0.687. The maximum absolute atomic E-state index is 12.0. The molecule has 0 atom stereocenters. The van der Waals surface area contributed by atoms with E-state index >= 15 is 0 Å². The molecule has 0 N–H and O–H groups in total. The minimum absolute atomic E-state index is 0.361. The number of nitrogens with zero attached hydrogens (tertiary/aromatic N) is 1. The average molecular weight is 344 g/mol. The van der Waals surface area contributed by atoms with Crippen molar-refractivity contribution in [2.24, 2.45) is 0 Å². The number of hydrogen-bond donors (Lipinski definition) is 0. The Bertz CT molecular complexity index is 1120. The van der Waals surface area contributed by atoms with Crippen molar-refractivity contribution in [3.8, 4) is 16.9 Å². The van der Waals surface area contributed by atoms with E-state index < -0.39 is 0 Å². The van der Waals surface area contributed by atoms with Crippen LogP contribution in [0.25, 0.3) is 22.1 Å². The highest BCUT2D eigenvalue weighted by atomic mass is 16.5. The monoisotopic (exact) mass is 344 g/mol. The van der Waals surface area contributed by atoms with Crippen molar-refractivity contribution >= 4 is 11.0 Å². The van der Waals surface area contributed by atoms with Crippen LogP contribution in [0.3, 0.4) is 0 Å². The molecule has 0 radical (unpaired) electrons. The summed E-state index contributed by atoms with van der Waals surface area (Å²) in [5.41, 5.74) is 3.37. The van der Waals surface area contributed by atoms with Gasteiger partial charge in [0.1, 0.15) is 11.3 Å². The first-order chi connectivity index (χ1) is 12.7. The molecule has 0 saturated carbocycles. The number of aromatic nitrogens is 1. The molecule has 0 aliphatic heterocycles. The molecule has 0 aliphatic carbocycles. The Morgan fingerprint density at radius 2 is 1.77 bits per heavy atom. The fourth-order valence-electron chi connectivity index (χ4n) is 3.09. The second-order valence-corrected chi connectivity index (χ2v) is 6.08. The highest BCUT2D eigenvalue weighted by Crippen LogP contribution is 2.22. The van der Waals surface area contributed by atoms with Gasteiger partial charge in [-0.1, -0.05) is 30.3 Å². The van der Waals surface area contributed by atoms with Crippen LogP contribution >= 0.6 is 0 Å². The SMILES string of the molecule is COc1ccc2c(C[n+]3cccc(-c4ccccc4)c3)cc(=O)oc2c1. The van der Waals surface area contributed by atoms with Gasteiger partial charge < -0.3 is 9.15 Å². The van der Waals surface area contributed by atoms with E-state index in [1.165, 1.54) is 0 Å². The summed E-state index contributed by atoms with van der Waals surface area (Å²) in [5.74, 6) is 0.663. The summed E-state index contributed by atoms with van der Waals surface area (Å²) < 4.78 is 12.6. The van der Waals surface area contributed by atoms with E-state index in [2.05, 4.69) is 29.0 Å². The van der Waals surface area contributed by atoms with Gasteiger partial charge in [0, 0.05) is 34.7 Å². The fraction of sp³-hybridized carbons (Fsp3) is 0.0909. The van der Waals surface area contributed by atoms with Gasteiger partial charge in [-0.2, -0.15) is 0 Å². The summed E-state index contributed by atoms with van der Waals surface area (Å²) in [5, 5.41) is 0.906. The lowest BCUT2D eigenvalue weighted by Crippen LogP contribution is -2.33. The topological polar surface area (TPSA) is 43.3 Å². The summed E-state index contributed by atoms with van der Waals surface area (Å²) in [6.45, 7) is 0.578. The van der Waals surface area contributed by atoms with Crippen molar-refractivity contribution < 1.29 is 13.7 Å². The van der Waals surface area contributed by atoms with Gasteiger partial charge in [0.05, 0.1) is 7.11 Å². The fourth-order valence-corrected chi connectivity index (χ4v) is 3.09. The summed E-state index contributed by atoms with van der Waals surface area (Å²) in [6, 6.07) is 21.4. The van der Waals surface area contributed by atoms with Crippen LogP contribution in [0.4, 0.5) is 0 Å². The maximum atomic E-state index is 12.0. The third kappa shape index (κ3) is 3.22. The summed E-state index contributed by atoms with van der Waals surface area (Å²) in [4.78, 5) is 12.0. The van der Waals surface area contributed by atoms with Gasteiger partial charge in [-0.15, -0.1) is 0 Å². The molecule has 26 heavy (non-hydrogen) atoms. The molecule has 2 aromatic heterocycles. The predicted molar refractivity (Wildman–Crippen MR) is 100 cm³/mol. The zero-order valence-corrected chi connectivity index (χ0v) is 14.4. The van der Waals surface area contributed by atoms with Gasteiger partial charge in [-0.05, 0) is 23.8 Å². The van der Waals surface area contributed by atoms with Crippen molar-refractivity contribution in [3.63, 3.8) is 0 Å². The zero-order chi connectivity index (χ0) is 17.9. The Labute approximate surface area is 150 Å². The molecule has 4 rings (SSSR count). The Morgan fingerprint density at radius 3 is 2.58 bits per heavy atom. The molecule has 128 valence electrons. The first kappa shape index (κ1) is 16.1. The van der Waals surface area contributed by atoms with E-state index in [0.717, 1.165) is 22.1 Å². The Hall–Kier alpha value is -3.40. The second kappa shape index (κ2) is 6.84. The smallest absolute Gasteiger partial charge is 0.336 e. The Balaban J connectivity index is 1.75. The van der Waals surface area contributed by atoms with Crippen molar-refractivity contribution in [1.82, 2.24) is 0 Å². The van der Waals surface area contributed by atoms with Crippen LogP contribution in [0, 0.1) is 0 Å². The lowest BCUT2D eigenvalue weighted by Gasteiger charge is -2.06. The number of benzene rings is 2. The standard InChI is InChI=1S/C22H18NO3/c1-25-19-9-10-20-18(12-22(24)26-21(20)13-19)15-23-11-5-8-17(14-23)16-6-3-2-4-7-16/h2-14H,15H2,1H3/q+1. The third-order valence-corrected chi connectivity index (χ3v) is 4.36. The molecule has 0 amide bonds. The van der Waals surface area contributed by atoms with E-state index in [1.807, 2.05) is 42.6 Å². The van der Waals surface area contributed by atoms with Gasteiger partial charge in [-0.25, -0.2) is 9.36 Å². The van der Waals surface area contributed by atoms with Gasteiger partial charge in [0.25, 0.3) is 0 Å². The quantitative estimate of drug-likeness (QED) is 0.418. The van der Waals surface area contributed by atoms with E-state index in [4.69, 9.17) is 9.15 Å². The molecule has 4 nitrogen and oxygen atoms in total. The highest BCUT2D eigenvalue weighted by Gasteiger charge is 2.12. The summed E-state index contributed by atoms with van der Waals surface area (Å²) in [7, 11) is 1.59. The van der Waals surface area contributed by atoms with Crippen molar-refractivity contribution in [2.45, 2.75) is 6.54 Å². The number of pyridine rings is 1. The number of fused-ring (bicyclic) bond motifs is 1. The summed E-state index contributed by atoms with van der Waals surface area (Å²) >= 11 is 0. The summed E-state index contributed by atoms with van der Waals surface area (Å²) in [6.07, 6.45) is 4.08. The number of methoxy groups -OCH3 is 1. The Kier molecular flexibility index (Phi) is 4.23. The van der Waals surface area contributed by atoms with E-state index in [-0.39, 0.29) is 5.63 Å². The maximum Gasteiger partial charge on any atom is 0.336 e. The zero-order valence-electron chi connectivity index (χ0n) is 14.4. The van der Waals surface area contributed by atoms with Crippen molar-refractivity contribution in [1.29, 1.82) is 0 Å². The van der Waals surface area contributed by atoms with Gasteiger partial charge >= 0.3 is 5.63 Å². The van der Waals surface area contributed by atoms with Crippen LogP contribution in [-0.4, -0.2) is 7.11 Å². The molecule has 0 aliphatic rings. The largest absolute Gasteiger partial charge is 0.497 e. The number of ether oxygens (including phenoxy) is 1. The molecule has 2 aromatic carbocycles. The molecule has 4 aromatic rings. The Morgan fingerprint density at radius 1 is 0.962 bits per heavy atom. The number of rotatable bonds is 4. The van der Waals surface area contributed by atoms with Crippen LogP contribution in [0.2, 0.25) is 0 Å². The third-order valence-electron chi connectivity index (χ3n) is 4.36. The van der Waals surface area contributed by atoms with Gasteiger partial charge in [0.15, 0.2) is 18.9 Å². The molecule has 0 unspecified atom stereocenters. The number of hydrogen-bond acceptors (Lipinski definition) is 3. The van der Waals surface area contributed by atoms with E-state index in [1.54, 1.807) is 19.2 Å². The molecule has 0 spiro atoms. The minimum Gasteiger partial charge on any atom is -0.497 e. The molecule has 2 heterocycles. The molecule has 0 bridgehead atoms. The predicted octanol–water partition coefficient (Wildman–Crippen LogP) is 3.80. The van der Waals surface area contributed by atoms with Crippen LogP contribution in [0.5, 0.6) is 5.75 Å². The molecular weight excluding hydrogens is 326 g/mol. The average Bonchev–Trinajstić information content (AvgIpc) is 2.68. The molecule has 0 saturated heterocycles. The van der Waals surface area contributed by atoms with Crippen molar-refractivity contribution in [3.05, 3.63) is 95.1 Å². The van der Waals surface area contributed by atoms with Gasteiger partial charge in [-0.3, -0.25) is 0 Å². The van der Waals surface area contributed by atoms with E-state index in [0.29, 0.717) is 17.9 Å².